The average Bonchev–Trinajstić information content (AvgIpc) is 3.14. The molecule has 2 fully saturated rings. The molecule has 5 aromatic rings. The van der Waals surface area contributed by atoms with E-state index in [1.165, 1.54) is 43.4 Å². The summed E-state index contributed by atoms with van der Waals surface area (Å²) in [6.45, 7) is 2.45. The van der Waals surface area contributed by atoms with E-state index >= 15 is 0 Å². The third-order valence-corrected chi connectivity index (χ3v) is 9.10. The number of carbonyl (C=O) groups excluding carboxylic acids is 1. The summed E-state index contributed by atoms with van der Waals surface area (Å²) in [6.07, 6.45) is 3.25. The lowest BCUT2D eigenvalue weighted by Crippen LogP contribution is -2.51. The number of fused-ring (bicyclic) bond motifs is 2. The fourth-order valence-electron chi connectivity index (χ4n) is 7.16. The standard InChI is InChI=1S/C33H32N2O2/c1-20-6-8-21(9-7-20)28-18-26-15-17-29(35(26)2)32(28)33(36)34-37-19-25-13-12-24-11-10-22-4-3-5-23-14-16-27(25)31(24)30(22)23/h3-14,16,26,28-29,32H,15,17-19H2,1-2H3,(H,34,36)/t26-,28-,29?,32?/m1/s1. The van der Waals surface area contributed by atoms with Gasteiger partial charge in [0.15, 0.2) is 0 Å². The highest BCUT2D eigenvalue weighted by Gasteiger charge is 2.49. The molecule has 4 atom stereocenters. The topological polar surface area (TPSA) is 41.6 Å². The van der Waals surface area contributed by atoms with E-state index in [1.807, 2.05) is 0 Å². The molecule has 2 aliphatic rings. The van der Waals surface area contributed by atoms with Crippen LogP contribution in [-0.4, -0.2) is 29.9 Å². The number of nitrogens with zero attached hydrogens (tertiary/aromatic N) is 1. The minimum atomic E-state index is -0.118. The summed E-state index contributed by atoms with van der Waals surface area (Å²) in [5, 5.41) is 7.48. The molecule has 186 valence electrons. The molecule has 0 radical (unpaired) electrons. The van der Waals surface area contributed by atoms with E-state index in [1.54, 1.807) is 0 Å². The number of hydroxylamine groups is 1. The van der Waals surface area contributed by atoms with Crippen molar-refractivity contribution in [2.24, 2.45) is 5.92 Å². The molecule has 2 unspecified atom stereocenters. The fourth-order valence-corrected chi connectivity index (χ4v) is 7.16. The van der Waals surface area contributed by atoms with E-state index in [2.05, 4.69) is 103 Å². The molecule has 2 saturated heterocycles. The van der Waals surface area contributed by atoms with Crippen molar-refractivity contribution in [3.05, 3.63) is 95.6 Å². The summed E-state index contributed by atoms with van der Waals surface area (Å²) in [7, 11) is 2.18. The zero-order chi connectivity index (χ0) is 25.1. The summed E-state index contributed by atoms with van der Waals surface area (Å²) in [5.41, 5.74) is 6.48. The lowest BCUT2D eigenvalue weighted by molar-refractivity contribution is -0.143. The fraction of sp³-hybridized carbons (Fsp3) is 0.303. The number of aryl methyl sites for hydroxylation is 1. The van der Waals surface area contributed by atoms with Gasteiger partial charge in [-0.25, -0.2) is 5.48 Å². The minimum Gasteiger partial charge on any atom is -0.300 e. The molecule has 1 amide bonds. The molecule has 7 rings (SSSR count). The van der Waals surface area contributed by atoms with Crippen molar-refractivity contribution in [2.75, 3.05) is 7.05 Å². The van der Waals surface area contributed by atoms with Crippen molar-refractivity contribution in [3.8, 4) is 0 Å². The summed E-state index contributed by atoms with van der Waals surface area (Å²) in [4.78, 5) is 22.0. The monoisotopic (exact) mass is 488 g/mol. The van der Waals surface area contributed by atoms with Crippen molar-refractivity contribution >= 4 is 38.2 Å². The second-order valence-corrected chi connectivity index (χ2v) is 11.1. The van der Waals surface area contributed by atoms with Crippen LogP contribution in [0.5, 0.6) is 0 Å². The highest BCUT2D eigenvalue weighted by Crippen LogP contribution is 2.46. The van der Waals surface area contributed by atoms with Gasteiger partial charge in [0.2, 0.25) is 5.91 Å². The molecule has 4 heteroatoms. The van der Waals surface area contributed by atoms with Gasteiger partial charge in [-0.05, 0) is 82.6 Å². The van der Waals surface area contributed by atoms with E-state index in [0.717, 1.165) is 24.8 Å². The summed E-state index contributed by atoms with van der Waals surface area (Å²) in [6, 6.07) is 29.0. The van der Waals surface area contributed by atoms with Gasteiger partial charge in [-0.15, -0.1) is 0 Å². The lowest BCUT2D eigenvalue weighted by atomic mass is 9.75. The van der Waals surface area contributed by atoms with Gasteiger partial charge in [0.05, 0.1) is 5.92 Å². The number of hydrogen-bond donors (Lipinski definition) is 1. The Morgan fingerprint density at radius 3 is 2.38 bits per heavy atom. The predicted octanol–water partition coefficient (Wildman–Crippen LogP) is 6.71. The number of hydrogen-bond acceptors (Lipinski definition) is 3. The highest BCUT2D eigenvalue weighted by atomic mass is 16.6. The molecule has 1 N–H and O–H groups in total. The first-order chi connectivity index (χ1) is 18.1. The third kappa shape index (κ3) is 3.70. The van der Waals surface area contributed by atoms with Crippen LogP contribution in [0, 0.1) is 12.8 Å². The number of amides is 1. The Labute approximate surface area is 217 Å². The van der Waals surface area contributed by atoms with Crippen LogP contribution >= 0.6 is 0 Å². The zero-order valence-corrected chi connectivity index (χ0v) is 21.4. The Kier molecular flexibility index (Phi) is 5.42. The number of carbonyl (C=O) groups is 1. The van der Waals surface area contributed by atoms with Crippen molar-refractivity contribution in [3.63, 3.8) is 0 Å². The van der Waals surface area contributed by atoms with Gasteiger partial charge in [0.1, 0.15) is 6.61 Å². The number of benzene rings is 5. The molecule has 0 aliphatic carbocycles. The quantitative estimate of drug-likeness (QED) is 0.221. The van der Waals surface area contributed by atoms with Crippen molar-refractivity contribution in [1.29, 1.82) is 0 Å². The van der Waals surface area contributed by atoms with Gasteiger partial charge in [-0.1, -0.05) is 84.4 Å². The first-order valence-electron chi connectivity index (χ1n) is 13.4. The van der Waals surface area contributed by atoms with Gasteiger partial charge in [0.25, 0.3) is 0 Å². The van der Waals surface area contributed by atoms with Crippen LogP contribution < -0.4 is 5.48 Å². The molecule has 37 heavy (non-hydrogen) atoms. The molecule has 4 nitrogen and oxygen atoms in total. The van der Waals surface area contributed by atoms with Crippen LogP contribution in [0.1, 0.15) is 41.9 Å². The molecular formula is C33H32N2O2. The first-order valence-corrected chi connectivity index (χ1v) is 13.4. The zero-order valence-electron chi connectivity index (χ0n) is 21.4. The minimum absolute atomic E-state index is 0.000450. The van der Waals surface area contributed by atoms with Gasteiger partial charge >= 0.3 is 0 Å². The lowest BCUT2D eigenvalue weighted by Gasteiger charge is -2.42. The molecule has 2 aliphatic heterocycles. The van der Waals surface area contributed by atoms with Crippen LogP contribution in [0.25, 0.3) is 32.3 Å². The second kappa shape index (κ2) is 8.83. The predicted molar refractivity (Wildman–Crippen MR) is 150 cm³/mol. The van der Waals surface area contributed by atoms with E-state index in [9.17, 15) is 4.79 Å². The first kappa shape index (κ1) is 22.7. The van der Waals surface area contributed by atoms with Crippen molar-refractivity contribution in [2.45, 2.75) is 50.8 Å². The number of rotatable bonds is 5. The maximum absolute atomic E-state index is 13.6. The van der Waals surface area contributed by atoms with Crippen molar-refractivity contribution < 1.29 is 9.63 Å². The normalized spacial score (nSPS) is 23.8. The van der Waals surface area contributed by atoms with Gasteiger partial charge in [-0.2, -0.15) is 0 Å². The van der Waals surface area contributed by atoms with Crippen LogP contribution in [0.15, 0.2) is 78.9 Å². The second-order valence-electron chi connectivity index (χ2n) is 11.1. The molecule has 2 heterocycles. The van der Waals surface area contributed by atoms with Gasteiger partial charge in [0, 0.05) is 12.1 Å². The largest absolute Gasteiger partial charge is 0.300 e. The Morgan fingerprint density at radius 1 is 0.892 bits per heavy atom. The SMILES string of the molecule is Cc1ccc([C@H]2C[C@H]3CCC(C2C(=O)NOCc2ccc4ccc5cccc6ccc2c4c56)N3C)cc1. The maximum atomic E-state index is 13.6. The van der Waals surface area contributed by atoms with E-state index in [4.69, 9.17) is 4.84 Å². The smallest absolute Gasteiger partial charge is 0.248 e. The van der Waals surface area contributed by atoms with Gasteiger partial charge in [-0.3, -0.25) is 14.5 Å². The van der Waals surface area contributed by atoms with Crippen molar-refractivity contribution in [1.82, 2.24) is 10.4 Å². The van der Waals surface area contributed by atoms with Crippen LogP contribution in [-0.2, 0) is 16.2 Å². The Balaban J connectivity index is 1.14. The van der Waals surface area contributed by atoms with E-state index in [-0.39, 0.29) is 23.8 Å². The summed E-state index contributed by atoms with van der Waals surface area (Å²) >= 11 is 0. The molecule has 5 aromatic carbocycles. The molecule has 0 spiro atoms. The third-order valence-electron chi connectivity index (χ3n) is 9.10. The van der Waals surface area contributed by atoms with Gasteiger partial charge < -0.3 is 0 Å². The van der Waals surface area contributed by atoms with Crippen LogP contribution in [0.3, 0.4) is 0 Å². The molecule has 0 aromatic heterocycles. The van der Waals surface area contributed by atoms with Crippen LogP contribution in [0.2, 0.25) is 0 Å². The molecular weight excluding hydrogens is 456 g/mol. The van der Waals surface area contributed by atoms with Crippen LogP contribution in [0.4, 0.5) is 0 Å². The molecule has 0 saturated carbocycles. The summed E-state index contributed by atoms with van der Waals surface area (Å²) < 4.78 is 0. The molecule has 2 bridgehead atoms. The highest BCUT2D eigenvalue weighted by molar-refractivity contribution is 6.23. The number of piperidine rings is 1. The Bertz CT molecular complexity index is 1590. The Morgan fingerprint density at radius 2 is 1.59 bits per heavy atom. The number of nitrogens with one attached hydrogen (secondary N) is 1. The maximum Gasteiger partial charge on any atom is 0.248 e. The van der Waals surface area contributed by atoms with E-state index in [0.29, 0.717) is 12.6 Å². The Hall–Kier alpha value is -3.47. The average molecular weight is 489 g/mol. The van der Waals surface area contributed by atoms with E-state index < -0.39 is 0 Å². The summed E-state index contributed by atoms with van der Waals surface area (Å²) in [5.74, 6) is 0.0979.